The summed E-state index contributed by atoms with van der Waals surface area (Å²) in [6.07, 6.45) is 8.15. The van der Waals surface area contributed by atoms with Crippen molar-refractivity contribution in [3.63, 3.8) is 0 Å². The topological polar surface area (TPSA) is 29.5 Å². The number of hydrogen-bond donors (Lipinski definition) is 0. The Morgan fingerprint density at radius 2 is 1.96 bits per heavy atom. The molecule has 1 aromatic rings. The molecule has 5 aliphatic rings. The number of ketones is 1. The van der Waals surface area contributed by atoms with Crippen LogP contribution >= 0.6 is 11.6 Å². The second kappa shape index (κ2) is 6.28. The Kier molecular flexibility index (Phi) is 4.05. The number of piperidine rings is 3. The van der Waals surface area contributed by atoms with Crippen molar-refractivity contribution in [3.05, 3.63) is 28.3 Å². The van der Waals surface area contributed by atoms with E-state index in [0.717, 1.165) is 36.6 Å². The van der Waals surface area contributed by atoms with Crippen molar-refractivity contribution in [2.75, 3.05) is 19.6 Å². The van der Waals surface area contributed by atoms with E-state index in [2.05, 4.69) is 4.90 Å². The van der Waals surface area contributed by atoms with Crippen LogP contribution in [0.25, 0.3) is 0 Å². The SMILES string of the molecule is O=C(CC1CN2CCC1CC2)c1cc(Cl)cc2c1O[C@H]1CCCC[C@@H]21. The lowest BCUT2D eigenvalue weighted by Crippen LogP contribution is -2.47. The first-order valence-electron chi connectivity index (χ1n) is 9.94. The van der Waals surface area contributed by atoms with Gasteiger partial charge in [-0.15, -0.1) is 0 Å². The summed E-state index contributed by atoms with van der Waals surface area (Å²) < 4.78 is 6.28. The van der Waals surface area contributed by atoms with Gasteiger partial charge in [0.05, 0.1) is 5.56 Å². The van der Waals surface area contributed by atoms with Crippen molar-refractivity contribution in [3.8, 4) is 5.75 Å². The summed E-state index contributed by atoms with van der Waals surface area (Å²) in [6.45, 7) is 3.52. The molecule has 4 heteroatoms. The van der Waals surface area contributed by atoms with Crippen molar-refractivity contribution < 1.29 is 9.53 Å². The molecule has 0 aromatic heterocycles. The Morgan fingerprint density at radius 1 is 1.16 bits per heavy atom. The Balaban J connectivity index is 1.41. The van der Waals surface area contributed by atoms with Gasteiger partial charge < -0.3 is 9.64 Å². The molecule has 1 aromatic carbocycles. The van der Waals surface area contributed by atoms with Crippen LogP contribution in [0.15, 0.2) is 12.1 Å². The Morgan fingerprint density at radius 3 is 2.72 bits per heavy atom. The number of hydrogen-bond acceptors (Lipinski definition) is 3. The number of Topliss-reactive ketones (excluding diaryl/α,β-unsaturated/α-hetero) is 1. The first-order valence-corrected chi connectivity index (χ1v) is 10.3. The smallest absolute Gasteiger partial charge is 0.166 e. The lowest BCUT2D eigenvalue weighted by Gasteiger charge is -2.44. The lowest BCUT2D eigenvalue weighted by atomic mass is 9.76. The van der Waals surface area contributed by atoms with Gasteiger partial charge in [0, 0.05) is 29.5 Å². The summed E-state index contributed by atoms with van der Waals surface area (Å²) in [7, 11) is 0. The van der Waals surface area contributed by atoms with Crippen LogP contribution in [-0.4, -0.2) is 36.4 Å². The van der Waals surface area contributed by atoms with E-state index in [0.29, 0.717) is 23.3 Å². The third-order valence-corrected chi connectivity index (χ3v) is 7.21. The summed E-state index contributed by atoms with van der Waals surface area (Å²) in [5.74, 6) is 2.76. The Labute approximate surface area is 154 Å². The molecule has 1 saturated carbocycles. The molecule has 1 aliphatic carbocycles. The monoisotopic (exact) mass is 359 g/mol. The molecule has 3 nitrogen and oxygen atoms in total. The van der Waals surface area contributed by atoms with Gasteiger partial charge in [-0.1, -0.05) is 18.0 Å². The van der Waals surface area contributed by atoms with Crippen molar-refractivity contribution in [2.45, 2.75) is 57.0 Å². The molecule has 2 bridgehead atoms. The van der Waals surface area contributed by atoms with Crippen LogP contribution in [0.5, 0.6) is 5.75 Å². The van der Waals surface area contributed by atoms with Gasteiger partial charge in [-0.25, -0.2) is 0 Å². The summed E-state index contributed by atoms with van der Waals surface area (Å²) in [4.78, 5) is 15.7. The molecule has 0 radical (unpaired) electrons. The third-order valence-electron chi connectivity index (χ3n) is 6.99. The van der Waals surface area contributed by atoms with Gasteiger partial charge in [0.25, 0.3) is 0 Å². The van der Waals surface area contributed by atoms with Crippen LogP contribution < -0.4 is 4.74 Å². The van der Waals surface area contributed by atoms with Crippen LogP contribution in [0.4, 0.5) is 0 Å². The second-order valence-corrected chi connectivity index (χ2v) is 8.88. The molecule has 3 saturated heterocycles. The van der Waals surface area contributed by atoms with E-state index < -0.39 is 0 Å². The minimum atomic E-state index is 0.233. The average molecular weight is 360 g/mol. The molecular formula is C21H26ClNO2. The molecule has 0 N–H and O–H groups in total. The molecule has 0 spiro atoms. The number of carbonyl (C=O) groups is 1. The van der Waals surface area contributed by atoms with Gasteiger partial charge in [-0.3, -0.25) is 4.79 Å². The minimum Gasteiger partial charge on any atom is -0.489 e. The normalized spacial score (nSPS) is 35.8. The summed E-state index contributed by atoms with van der Waals surface area (Å²) in [5, 5.41) is 0.686. The molecule has 134 valence electrons. The molecule has 6 rings (SSSR count). The lowest BCUT2D eigenvalue weighted by molar-refractivity contribution is 0.0439. The first kappa shape index (κ1) is 16.1. The van der Waals surface area contributed by atoms with Crippen LogP contribution in [0.1, 0.15) is 66.8 Å². The predicted molar refractivity (Wildman–Crippen MR) is 98.7 cm³/mol. The van der Waals surface area contributed by atoms with Gasteiger partial charge in [-0.2, -0.15) is 0 Å². The molecule has 0 amide bonds. The van der Waals surface area contributed by atoms with Crippen LogP contribution in [0, 0.1) is 11.8 Å². The molecule has 4 aliphatic heterocycles. The Hall–Kier alpha value is -1.06. The van der Waals surface area contributed by atoms with E-state index in [9.17, 15) is 4.79 Å². The molecule has 1 unspecified atom stereocenters. The highest BCUT2D eigenvalue weighted by Gasteiger charge is 2.40. The van der Waals surface area contributed by atoms with E-state index in [-0.39, 0.29) is 11.9 Å². The number of rotatable bonds is 3. The number of carbonyl (C=O) groups excluding carboxylic acids is 1. The molecule has 4 fully saturated rings. The fourth-order valence-electron chi connectivity index (χ4n) is 5.64. The quantitative estimate of drug-likeness (QED) is 0.734. The zero-order chi connectivity index (χ0) is 17.0. The van der Waals surface area contributed by atoms with E-state index in [4.69, 9.17) is 16.3 Å². The zero-order valence-electron chi connectivity index (χ0n) is 14.7. The van der Waals surface area contributed by atoms with Crippen LogP contribution in [0.2, 0.25) is 5.02 Å². The number of nitrogens with zero attached hydrogens (tertiary/aromatic N) is 1. The maximum Gasteiger partial charge on any atom is 0.166 e. The standard InChI is InChI=1S/C21H26ClNO2/c22-15-10-17-16-3-1-2-4-20(16)25-21(17)18(11-15)19(24)9-14-12-23-7-5-13(14)6-8-23/h10-11,13-14,16,20H,1-9,12H2/t14?,16-,20-/m0/s1. The van der Waals surface area contributed by atoms with Gasteiger partial charge >= 0.3 is 0 Å². The third kappa shape index (κ3) is 2.80. The summed E-state index contributed by atoms with van der Waals surface area (Å²) in [5.41, 5.74) is 1.93. The summed E-state index contributed by atoms with van der Waals surface area (Å²) in [6, 6.07) is 3.89. The number of ether oxygens (including phenoxy) is 1. The largest absolute Gasteiger partial charge is 0.489 e. The van der Waals surface area contributed by atoms with Gasteiger partial charge in [0.2, 0.25) is 0 Å². The highest BCUT2D eigenvalue weighted by molar-refractivity contribution is 6.31. The Bertz CT molecular complexity index is 695. The predicted octanol–water partition coefficient (Wildman–Crippen LogP) is 4.67. The van der Waals surface area contributed by atoms with Gasteiger partial charge in [0.15, 0.2) is 5.78 Å². The van der Waals surface area contributed by atoms with Crippen LogP contribution in [0.3, 0.4) is 0 Å². The maximum absolute atomic E-state index is 13.1. The fourth-order valence-corrected chi connectivity index (χ4v) is 5.87. The highest BCUT2D eigenvalue weighted by Crippen LogP contribution is 2.48. The molecule has 25 heavy (non-hydrogen) atoms. The van der Waals surface area contributed by atoms with Gasteiger partial charge in [-0.05, 0) is 69.2 Å². The number of halogens is 1. The molecule has 3 atom stereocenters. The van der Waals surface area contributed by atoms with Gasteiger partial charge in [0.1, 0.15) is 11.9 Å². The van der Waals surface area contributed by atoms with E-state index >= 15 is 0 Å². The number of benzene rings is 1. The van der Waals surface area contributed by atoms with Crippen molar-refractivity contribution in [2.24, 2.45) is 11.8 Å². The minimum absolute atomic E-state index is 0.233. The van der Waals surface area contributed by atoms with E-state index in [1.807, 2.05) is 12.1 Å². The first-order chi connectivity index (χ1) is 12.2. The molecule has 4 heterocycles. The molecular weight excluding hydrogens is 334 g/mol. The summed E-state index contributed by atoms with van der Waals surface area (Å²) >= 11 is 6.39. The van der Waals surface area contributed by atoms with Crippen molar-refractivity contribution in [1.29, 1.82) is 0 Å². The zero-order valence-corrected chi connectivity index (χ0v) is 15.4. The van der Waals surface area contributed by atoms with Crippen LogP contribution in [-0.2, 0) is 0 Å². The van der Waals surface area contributed by atoms with E-state index in [1.165, 1.54) is 44.3 Å². The highest BCUT2D eigenvalue weighted by atomic mass is 35.5. The second-order valence-electron chi connectivity index (χ2n) is 8.44. The van der Waals surface area contributed by atoms with Crippen molar-refractivity contribution >= 4 is 17.4 Å². The van der Waals surface area contributed by atoms with E-state index in [1.54, 1.807) is 0 Å². The van der Waals surface area contributed by atoms with Crippen molar-refractivity contribution in [1.82, 2.24) is 4.90 Å². The fraction of sp³-hybridized carbons (Fsp3) is 0.667. The maximum atomic E-state index is 13.1. The number of fused-ring (bicyclic) bond motifs is 6. The average Bonchev–Trinajstić information content (AvgIpc) is 3.00.